The highest BCUT2D eigenvalue weighted by molar-refractivity contribution is 5.78. The predicted molar refractivity (Wildman–Crippen MR) is 74.3 cm³/mol. The fraction of sp³-hybridized carbons (Fsp3) is 0.500. The maximum absolute atomic E-state index is 11.6. The number of phenols is 1. The number of aromatic hydroxyl groups is 1. The minimum atomic E-state index is -0.239. The van der Waals surface area contributed by atoms with Crippen LogP contribution in [0.3, 0.4) is 0 Å². The number of carbonyl (C=O) groups is 1. The quantitative estimate of drug-likeness (QED) is 0.753. The van der Waals surface area contributed by atoms with Gasteiger partial charge in [-0.2, -0.15) is 0 Å². The van der Waals surface area contributed by atoms with Crippen molar-refractivity contribution < 1.29 is 14.6 Å². The molecule has 5 nitrogen and oxygen atoms in total. The van der Waals surface area contributed by atoms with Crippen LogP contribution in [0.1, 0.15) is 26.3 Å². The Morgan fingerprint density at radius 3 is 2.63 bits per heavy atom. The van der Waals surface area contributed by atoms with Gasteiger partial charge < -0.3 is 20.5 Å². The van der Waals surface area contributed by atoms with E-state index in [1.54, 1.807) is 18.2 Å². The average Bonchev–Trinajstić information content (AvgIpc) is 2.29. The number of para-hydroxylation sites is 1. The molecule has 5 heteroatoms. The van der Waals surface area contributed by atoms with Crippen molar-refractivity contribution in [2.24, 2.45) is 0 Å². The fourth-order valence-corrected chi connectivity index (χ4v) is 1.65. The van der Waals surface area contributed by atoms with Gasteiger partial charge in [0.15, 0.2) is 11.5 Å². The maximum atomic E-state index is 11.6. The summed E-state index contributed by atoms with van der Waals surface area (Å²) in [5.74, 6) is 0.460. The van der Waals surface area contributed by atoms with Crippen molar-refractivity contribution in [3.05, 3.63) is 23.8 Å². The Hall–Kier alpha value is -1.75. The highest BCUT2D eigenvalue weighted by Gasteiger charge is 2.13. The molecule has 0 saturated carbocycles. The SMILES string of the molecule is COc1cccc(CNCC(=O)NC(C)(C)C)c1O. The van der Waals surface area contributed by atoms with Crippen LogP contribution in [0.4, 0.5) is 0 Å². The zero-order valence-electron chi connectivity index (χ0n) is 11.9. The molecule has 0 spiro atoms. The minimum absolute atomic E-state index is 0.0742. The molecule has 3 N–H and O–H groups in total. The molecule has 0 saturated heterocycles. The van der Waals surface area contributed by atoms with Gasteiger partial charge in [-0.05, 0) is 26.8 Å². The third-order valence-corrected chi connectivity index (χ3v) is 2.42. The summed E-state index contributed by atoms with van der Waals surface area (Å²) in [6.07, 6.45) is 0. The zero-order chi connectivity index (χ0) is 14.5. The van der Waals surface area contributed by atoms with Crippen LogP contribution in [0.2, 0.25) is 0 Å². The minimum Gasteiger partial charge on any atom is -0.504 e. The van der Waals surface area contributed by atoms with E-state index in [4.69, 9.17) is 4.74 Å². The molecule has 0 heterocycles. The van der Waals surface area contributed by atoms with E-state index in [0.29, 0.717) is 17.9 Å². The predicted octanol–water partition coefficient (Wildman–Crippen LogP) is 1.41. The standard InChI is InChI=1S/C14H22N2O3/c1-14(2,3)16-12(17)9-15-8-10-6-5-7-11(19-4)13(10)18/h5-7,15,18H,8-9H2,1-4H3,(H,16,17). The van der Waals surface area contributed by atoms with Gasteiger partial charge in [0, 0.05) is 17.6 Å². The van der Waals surface area contributed by atoms with Crippen molar-refractivity contribution in [1.82, 2.24) is 10.6 Å². The highest BCUT2D eigenvalue weighted by atomic mass is 16.5. The molecule has 19 heavy (non-hydrogen) atoms. The van der Waals surface area contributed by atoms with E-state index in [2.05, 4.69) is 10.6 Å². The third kappa shape index (κ3) is 5.18. The van der Waals surface area contributed by atoms with Crippen LogP contribution >= 0.6 is 0 Å². The van der Waals surface area contributed by atoms with Crippen LogP contribution in [0.25, 0.3) is 0 Å². The lowest BCUT2D eigenvalue weighted by molar-refractivity contribution is -0.121. The van der Waals surface area contributed by atoms with E-state index in [9.17, 15) is 9.90 Å². The molecule has 0 atom stereocenters. The number of hydrogen-bond donors (Lipinski definition) is 3. The summed E-state index contributed by atoms with van der Waals surface area (Å²) < 4.78 is 5.02. The number of phenolic OH excluding ortho intramolecular Hbond substituents is 1. The molecule has 0 bridgehead atoms. The first-order valence-electron chi connectivity index (χ1n) is 6.20. The summed E-state index contributed by atoms with van der Waals surface area (Å²) >= 11 is 0. The van der Waals surface area contributed by atoms with E-state index >= 15 is 0 Å². The van der Waals surface area contributed by atoms with E-state index in [1.165, 1.54) is 7.11 Å². The Kier molecular flexibility index (Phi) is 5.18. The van der Waals surface area contributed by atoms with Gasteiger partial charge in [-0.25, -0.2) is 0 Å². The van der Waals surface area contributed by atoms with E-state index in [-0.39, 0.29) is 23.7 Å². The summed E-state index contributed by atoms with van der Waals surface area (Å²) in [5.41, 5.74) is 0.458. The topological polar surface area (TPSA) is 70.6 Å². The first-order chi connectivity index (χ1) is 8.83. The molecule has 1 aromatic carbocycles. The van der Waals surface area contributed by atoms with Crippen molar-refractivity contribution in [2.45, 2.75) is 32.9 Å². The fourth-order valence-electron chi connectivity index (χ4n) is 1.65. The van der Waals surface area contributed by atoms with Crippen LogP contribution in [-0.2, 0) is 11.3 Å². The van der Waals surface area contributed by atoms with Gasteiger partial charge in [-0.15, -0.1) is 0 Å². The average molecular weight is 266 g/mol. The number of hydrogen-bond acceptors (Lipinski definition) is 4. The molecule has 0 aliphatic heterocycles. The smallest absolute Gasteiger partial charge is 0.234 e. The molecule has 106 valence electrons. The lowest BCUT2D eigenvalue weighted by Crippen LogP contribution is -2.44. The van der Waals surface area contributed by atoms with E-state index in [0.717, 1.165) is 0 Å². The van der Waals surface area contributed by atoms with Crippen LogP contribution in [0.5, 0.6) is 11.5 Å². The van der Waals surface area contributed by atoms with Crippen molar-refractivity contribution in [2.75, 3.05) is 13.7 Å². The Morgan fingerprint density at radius 1 is 1.37 bits per heavy atom. The van der Waals surface area contributed by atoms with Crippen LogP contribution in [-0.4, -0.2) is 30.2 Å². The number of methoxy groups -OCH3 is 1. The summed E-state index contributed by atoms with van der Waals surface area (Å²) in [5, 5.41) is 15.7. The van der Waals surface area contributed by atoms with Gasteiger partial charge in [0.05, 0.1) is 13.7 Å². The largest absolute Gasteiger partial charge is 0.504 e. The Bertz CT molecular complexity index is 439. The number of benzene rings is 1. The molecule has 1 rings (SSSR count). The number of rotatable bonds is 5. The molecule has 1 amide bonds. The van der Waals surface area contributed by atoms with Gasteiger partial charge >= 0.3 is 0 Å². The molecule has 0 radical (unpaired) electrons. The molecular formula is C14H22N2O3. The summed E-state index contributed by atoms with van der Waals surface area (Å²) in [6, 6.07) is 5.27. The number of amides is 1. The van der Waals surface area contributed by atoms with Crippen LogP contribution < -0.4 is 15.4 Å². The van der Waals surface area contributed by atoms with Crippen molar-refractivity contribution >= 4 is 5.91 Å². The van der Waals surface area contributed by atoms with Crippen molar-refractivity contribution in [1.29, 1.82) is 0 Å². The maximum Gasteiger partial charge on any atom is 0.234 e. The molecule has 0 fully saturated rings. The van der Waals surface area contributed by atoms with Crippen LogP contribution in [0.15, 0.2) is 18.2 Å². The Morgan fingerprint density at radius 2 is 2.05 bits per heavy atom. The second-order valence-electron chi connectivity index (χ2n) is 5.37. The number of nitrogens with one attached hydrogen (secondary N) is 2. The van der Waals surface area contributed by atoms with Gasteiger partial charge in [0.25, 0.3) is 0 Å². The molecule has 0 aliphatic carbocycles. The first-order valence-corrected chi connectivity index (χ1v) is 6.20. The summed E-state index contributed by atoms with van der Waals surface area (Å²) in [7, 11) is 1.50. The van der Waals surface area contributed by atoms with Crippen molar-refractivity contribution in [3.63, 3.8) is 0 Å². The van der Waals surface area contributed by atoms with Gasteiger partial charge in [-0.3, -0.25) is 4.79 Å². The first kappa shape index (κ1) is 15.3. The van der Waals surface area contributed by atoms with Gasteiger partial charge in [0.1, 0.15) is 0 Å². The third-order valence-electron chi connectivity index (χ3n) is 2.42. The van der Waals surface area contributed by atoms with Gasteiger partial charge in [-0.1, -0.05) is 12.1 Å². The van der Waals surface area contributed by atoms with E-state index < -0.39 is 0 Å². The van der Waals surface area contributed by atoms with Crippen molar-refractivity contribution in [3.8, 4) is 11.5 Å². The number of ether oxygens (including phenoxy) is 1. The number of carbonyl (C=O) groups excluding carboxylic acids is 1. The molecule has 0 aliphatic rings. The highest BCUT2D eigenvalue weighted by Crippen LogP contribution is 2.28. The lowest BCUT2D eigenvalue weighted by atomic mass is 10.1. The van der Waals surface area contributed by atoms with Crippen LogP contribution in [0, 0.1) is 0 Å². The summed E-state index contributed by atoms with van der Waals surface area (Å²) in [4.78, 5) is 11.6. The Labute approximate surface area is 114 Å². The zero-order valence-corrected chi connectivity index (χ0v) is 11.9. The van der Waals surface area contributed by atoms with E-state index in [1.807, 2.05) is 20.8 Å². The summed E-state index contributed by atoms with van der Waals surface area (Å²) in [6.45, 7) is 6.39. The second kappa shape index (κ2) is 6.43. The molecule has 1 aromatic rings. The van der Waals surface area contributed by atoms with Gasteiger partial charge in [0.2, 0.25) is 5.91 Å². The lowest BCUT2D eigenvalue weighted by Gasteiger charge is -2.20. The normalized spacial score (nSPS) is 11.2. The molecule has 0 aromatic heterocycles. The molecular weight excluding hydrogens is 244 g/mol. The molecule has 0 unspecified atom stereocenters. The monoisotopic (exact) mass is 266 g/mol. The Balaban J connectivity index is 2.48. The second-order valence-corrected chi connectivity index (χ2v) is 5.37.